The molecule has 0 aliphatic heterocycles. The first-order chi connectivity index (χ1) is 9.41. The fourth-order valence-corrected chi connectivity index (χ4v) is 2.51. The minimum atomic E-state index is -3.60. The van der Waals surface area contributed by atoms with E-state index in [1.807, 2.05) is 0 Å². The smallest absolute Gasteiger partial charge is 0.235 e. The van der Waals surface area contributed by atoms with Crippen molar-refractivity contribution in [2.24, 2.45) is 5.73 Å². The molecule has 0 fully saturated rings. The van der Waals surface area contributed by atoms with Gasteiger partial charge in [0.15, 0.2) is 0 Å². The summed E-state index contributed by atoms with van der Waals surface area (Å²) >= 11 is 0. The summed E-state index contributed by atoms with van der Waals surface area (Å²) < 4.78 is 36.4. The van der Waals surface area contributed by atoms with Crippen molar-refractivity contribution >= 4 is 21.5 Å². The molecule has 0 aliphatic carbocycles. The third-order valence-electron chi connectivity index (χ3n) is 2.49. The number of anilines is 1. The van der Waals surface area contributed by atoms with E-state index in [2.05, 4.69) is 4.72 Å². The average Bonchev–Trinajstić information content (AvgIpc) is 2.38. The standard InChI is InChI=1S/C12H19N3O4S/c1-3-19-7-8-20(16,17)15-11-9(12(13)14)5-4-6-10(11)18-2/h4-6,15H,3,7-8H2,1-2H3,(H3,13,14). The molecule has 1 aromatic carbocycles. The summed E-state index contributed by atoms with van der Waals surface area (Å²) in [7, 11) is -2.19. The summed E-state index contributed by atoms with van der Waals surface area (Å²) in [4.78, 5) is 0. The van der Waals surface area contributed by atoms with Crippen molar-refractivity contribution in [3.8, 4) is 5.75 Å². The van der Waals surface area contributed by atoms with Crippen molar-refractivity contribution in [1.82, 2.24) is 0 Å². The molecule has 0 unspecified atom stereocenters. The van der Waals surface area contributed by atoms with Gasteiger partial charge in [0.05, 0.1) is 19.5 Å². The van der Waals surface area contributed by atoms with Gasteiger partial charge in [-0.15, -0.1) is 0 Å². The molecule has 0 aromatic heterocycles. The fourth-order valence-electron chi connectivity index (χ4n) is 1.55. The first-order valence-electron chi connectivity index (χ1n) is 6.01. The van der Waals surface area contributed by atoms with Gasteiger partial charge >= 0.3 is 0 Å². The first-order valence-corrected chi connectivity index (χ1v) is 7.66. The molecule has 1 aromatic rings. The van der Waals surface area contributed by atoms with Crippen molar-refractivity contribution < 1.29 is 17.9 Å². The van der Waals surface area contributed by atoms with E-state index < -0.39 is 10.0 Å². The van der Waals surface area contributed by atoms with Crippen LogP contribution in [0.3, 0.4) is 0 Å². The molecule has 8 heteroatoms. The van der Waals surface area contributed by atoms with Crippen LogP contribution in [0.25, 0.3) is 0 Å². The number of methoxy groups -OCH3 is 1. The second-order valence-corrected chi connectivity index (χ2v) is 5.76. The summed E-state index contributed by atoms with van der Waals surface area (Å²) in [6.45, 7) is 2.33. The van der Waals surface area contributed by atoms with Gasteiger partial charge in [-0.1, -0.05) is 6.07 Å². The van der Waals surface area contributed by atoms with Gasteiger partial charge < -0.3 is 15.2 Å². The van der Waals surface area contributed by atoms with Crippen LogP contribution in [0.4, 0.5) is 5.69 Å². The minimum absolute atomic E-state index is 0.0936. The highest BCUT2D eigenvalue weighted by Crippen LogP contribution is 2.29. The van der Waals surface area contributed by atoms with Gasteiger partial charge in [0.2, 0.25) is 10.0 Å². The van der Waals surface area contributed by atoms with E-state index in [1.165, 1.54) is 7.11 Å². The van der Waals surface area contributed by atoms with Crippen LogP contribution in [-0.4, -0.2) is 40.3 Å². The molecule has 20 heavy (non-hydrogen) atoms. The third kappa shape index (κ3) is 4.39. The lowest BCUT2D eigenvalue weighted by Gasteiger charge is -2.15. The molecule has 0 heterocycles. The number of amidine groups is 1. The van der Waals surface area contributed by atoms with E-state index in [1.54, 1.807) is 25.1 Å². The molecular formula is C12H19N3O4S. The maximum atomic E-state index is 12.0. The largest absolute Gasteiger partial charge is 0.495 e. The number of nitrogens with two attached hydrogens (primary N) is 1. The number of hydrogen-bond donors (Lipinski definition) is 3. The van der Waals surface area contributed by atoms with Gasteiger partial charge in [0.25, 0.3) is 0 Å². The summed E-state index contributed by atoms with van der Waals surface area (Å²) in [6.07, 6.45) is 0. The zero-order valence-corrected chi connectivity index (χ0v) is 12.3. The Bertz CT molecular complexity index is 572. The average molecular weight is 301 g/mol. The number of nitrogens with one attached hydrogen (secondary N) is 2. The fraction of sp³-hybridized carbons (Fsp3) is 0.417. The Morgan fingerprint density at radius 3 is 2.70 bits per heavy atom. The Balaban J connectivity index is 3.04. The zero-order chi connectivity index (χ0) is 15.2. The quantitative estimate of drug-likeness (QED) is 0.372. The SMILES string of the molecule is CCOCCS(=O)(=O)Nc1c(OC)cccc1C(=N)N. The van der Waals surface area contributed by atoms with E-state index in [4.69, 9.17) is 20.6 Å². The summed E-state index contributed by atoms with van der Waals surface area (Å²) in [5, 5.41) is 7.49. The summed E-state index contributed by atoms with van der Waals surface area (Å²) in [5.41, 5.74) is 5.88. The van der Waals surface area contributed by atoms with Crippen LogP contribution in [0.5, 0.6) is 5.75 Å². The highest BCUT2D eigenvalue weighted by Gasteiger charge is 2.18. The Labute approximate surface area is 118 Å². The number of nitrogen functional groups attached to an aromatic ring is 1. The number of rotatable bonds is 8. The number of ether oxygens (including phenoxy) is 2. The Kier molecular flexibility index (Phi) is 5.78. The van der Waals surface area contributed by atoms with Crippen LogP contribution in [0.2, 0.25) is 0 Å². The molecule has 4 N–H and O–H groups in total. The Morgan fingerprint density at radius 1 is 1.45 bits per heavy atom. The van der Waals surface area contributed by atoms with Crippen molar-refractivity contribution in [2.75, 3.05) is 30.8 Å². The molecule has 0 saturated carbocycles. The van der Waals surface area contributed by atoms with Crippen molar-refractivity contribution in [2.45, 2.75) is 6.92 Å². The first kappa shape index (κ1) is 16.3. The minimum Gasteiger partial charge on any atom is -0.495 e. The predicted molar refractivity (Wildman–Crippen MR) is 77.9 cm³/mol. The van der Waals surface area contributed by atoms with Crippen molar-refractivity contribution in [3.05, 3.63) is 23.8 Å². The molecular weight excluding hydrogens is 282 g/mol. The molecule has 1 rings (SSSR count). The zero-order valence-electron chi connectivity index (χ0n) is 11.5. The summed E-state index contributed by atoms with van der Waals surface area (Å²) in [6, 6.07) is 4.77. The van der Waals surface area contributed by atoms with Crippen molar-refractivity contribution in [1.29, 1.82) is 5.41 Å². The van der Waals surface area contributed by atoms with Gasteiger partial charge in [-0.2, -0.15) is 0 Å². The normalized spacial score (nSPS) is 11.1. The highest BCUT2D eigenvalue weighted by atomic mass is 32.2. The molecule has 0 saturated heterocycles. The Hall–Kier alpha value is -1.80. The van der Waals surface area contributed by atoms with E-state index >= 15 is 0 Å². The van der Waals surface area contributed by atoms with Crippen molar-refractivity contribution in [3.63, 3.8) is 0 Å². The van der Waals surface area contributed by atoms with E-state index in [0.29, 0.717) is 12.4 Å². The van der Waals surface area contributed by atoms with E-state index in [9.17, 15) is 8.42 Å². The van der Waals surface area contributed by atoms with Crippen LogP contribution >= 0.6 is 0 Å². The number of sulfonamides is 1. The number of para-hydroxylation sites is 1. The van der Waals surface area contributed by atoms with Gasteiger partial charge in [-0.05, 0) is 19.1 Å². The van der Waals surface area contributed by atoms with Gasteiger partial charge in [-0.3, -0.25) is 10.1 Å². The van der Waals surface area contributed by atoms with Crippen LogP contribution in [-0.2, 0) is 14.8 Å². The van der Waals surface area contributed by atoms with E-state index in [-0.39, 0.29) is 29.4 Å². The maximum absolute atomic E-state index is 12.0. The predicted octanol–water partition coefficient (Wildman–Crippen LogP) is 0.757. The Morgan fingerprint density at radius 2 is 2.15 bits per heavy atom. The van der Waals surface area contributed by atoms with Gasteiger partial charge in [-0.25, -0.2) is 8.42 Å². The highest BCUT2D eigenvalue weighted by molar-refractivity contribution is 7.92. The van der Waals surface area contributed by atoms with Crippen LogP contribution in [0.15, 0.2) is 18.2 Å². The molecule has 112 valence electrons. The lowest BCUT2D eigenvalue weighted by Crippen LogP contribution is -2.23. The molecule has 0 radical (unpaired) electrons. The van der Waals surface area contributed by atoms with Crippen LogP contribution in [0, 0.1) is 5.41 Å². The maximum Gasteiger partial charge on any atom is 0.235 e. The molecule has 0 bridgehead atoms. The molecule has 0 atom stereocenters. The molecule has 7 nitrogen and oxygen atoms in total. The van der Waals surface area contributed by atoms with Crippen LogP contribution < -0.4 is 15.2 Å². The third-order valence-corrected chi connectivity index (χ3v) is 3.71. The second kappa shape index (κ2) is 7.11. The van der Waals surface area contributed by atoms with E-state index in [0.717, 1.165) is 0 Å². The molecule has 0 amide bonds. The monoisotopic (exact) mass is 301 g/mol. The van der Waals surface area contributed by atoms with Gasteiger partial charge in [0.1, 0.15) is 17.3 Å². The molecule has 0 spiro atoms. The van der Waals surface area contributed by atoms with Crippen LogP contribution in [0.1, 0.15) is 12.5 Å². The number of hydrogen-bond acceptors (Lipinski definition) is 5. The molecule has 0 aliphatic rings. The topological polar surface area (TPSA) is 115 Å². The second-order valence-electron chi connectivity index (χ2n) is 3.91. The van der Waals surface area contributed by atoms with Gasteiger partial charge in [0, 0.05) is 12.2 Å². The number of benzene rings is 1. The lowest BCUT2D eigenvalue weighted by molar-refractivity contribution is 0.163. The summed E-state index contributed by atoms with van der Waals surface area (Å²) in [5.74, 6) is -0.125. The lowest BCUT2D eigenvalue weighted by atomic mass is 10.1.